The lowest BCUT2D eigenvalue weighted by atomic mass is 10.0. The molecular weight excluding hydrogens is 357 g/mol. The normalized spacial score (nSPS) is 11.8. The first-order chi connectivity index (χ1) is 11.2. The van der Waals surface area contributed by atoms with Crippen LogP contribution in [0.2, 0.25) is 10.0 Å². The molecule has 1 N–H and O–H groups in total. The molecule has 1 amide bonds. The summed E-state index contributed by atoms with van der Waals surface area (Å²) in [6.07, 6.45) is 0.412. The monoisotopic (exact) mass is 375 g/mol. The van der Waals surface area contributed by atoms with Gasteiger partial charge in [-0.1, -0.05) is 37.0 Å². The third-order valence-corrected chi connectivity index (χ3v) is 3.56. The highest BCUT2D eigenvalue weighted by atomic mass is 35.5. The fraction of sp³-hybridized carbons (Fsp3) is 0.438. The van der Waals surface area contributed by atoms with Crippen LogP contribution in [0.25, 0.3) is 0 Å². The first kappa shape index (κ1) is 20.3. The van der Waals surface area contributed by atoms with Gasteiger partial charge < -0.3 is 14.8 Å². The van der Waals surface area contributed by atoms with Crippen molar-refractivity contribution in [2.75, 3.05) is 13.7 Å². The largest absolute Gasteiger partial charge is 0.467 e. The molecule has 0 bridgehead atoms. The smallest absolute Gasteiger partial charge is 0.340 e. The van der Waals surface area contributed by atoms with E-state index in [9.17, 15) is 14.4 Å². The van der Waals surface area contributed by atoms with Crippen LogP contribution in [0.3, 0.4) is 0 Å². The lowest BCUT2D eigenvalue weighted by Crippen LogP contribution is -2.44. The van der Waals surface area contributed by atoms with E-state index in [1.807, 2.05) is 13.8 Å². The van der Waals surface area contributed by atoms with Gasteiger partial charge in [-0.15, -0.1) is 0 Å². The van der Waals surface area contributed by atoms with E-state index in [1.54, 1.807) is 0 Å². The Kier molecular flexibility index (Phi) is 8.01. The average Bonchev–Trinajstić information content (AvgIpc) is 2.50. The fourth-order valence-corrected chi connectivity index (χ4v) is 2.41. The molecule has 0 aliphatic rings. The Bertz CT molecular complexity index is 618. The highest BCUT2D eigenvalue weighted by Crippen LogP contribution is 2.21. The van der Waals surface area contributed by atoms with Crippen molar-refractivity contribution in [3.05, 3.63) is 33.8 Å². The first-order valence-electron chi connectivity index (χ1n) is 7.24. The molecule has 132 valence electrons. The van der Waals surface area contributed by atoms with Gasteiger partial charge in [-0.2, -0.15) is 0 Å². The number of rotatable bonds is 7. The van der Waals surface area contributed by atoms with E-state index in [1.165, 1.54) is 25.3 Å². The molecule has 1 atom stereocenters. The van der Waals surface area contributed by atoms with Gasteiger partial charge in [-0.3, -0.25) is 4.79 Å². The lowest BCUT2D eigenvalue weighted by Gasteiger charge is -2.18. The minimum Gasteiger partial charge on any atom is -0.467 e. The molecule has 0 aliphatic heterocycles. The summed E-state index contributed by atoms with van der Waals surface area (Å²) in [6.45, 7) is 3.28. The number of nitrogens with one attached hydrogen (secondary N) is 1. The van der Waals surface area contributed by atoms with E-state index in [2.05, 4.69) is 10.1 Å². The van der Waals surface area contributed by atoms with Crippen molar-refractivity contribution in [2.24, 2.45) is 5.92 Å². The molecular formula is C16H19Cl2NO5. The minimum absolute atomic E-state index is 0.0977. The summed E-state index contributed by atoms with van der Waals surface area (Å²) in [4.78, 5) is 35.4. The molecule has 0 unspecified atom stereocenters. The van der Waals surface area contributed by atoms with Gasteiger partial charge in [0.15, 0.2) is 6.61 Å². The summed E-state index contributed by atoms with van der Waals surface area (Å²) >= 11 is 11.6. The van der Waals surface area contributed by atoms with Crippen molar-refractivity contribution in [3.8, 4) is 0 Å². The Morgan fingerprint density at radius 1 is 1.21 bits per heavy atom. The standard InChI is InChI=1S/C16H19Cl2NO5/c1-9(2)6-13(16(22)23-3)19-14(20)8-24-15(21)11-5-4-10(17)7-12(11)18/h4-5,7,9,13H,6,8H2,1-3H3,(H,19,20)/t13-/m0/s1. The topological polar surface area (TPSA) is 81.7 Å². The number of benzene rings is 1. The van der Waals surface area contributed by atoms with E-state index in [-0.39, 0.29) is 16.5 Å². The van der Waals surface area contributed by atoms with Gasteiger partial charge in [0.25, 0.3) is 5.91 Å². The molecule has 6 nitrogen and oxygen atoms in total. The van der Waals surface area contributed by atoms with Crippen molar-refractivity contribution in [3.63, 3.8) is 0 Å². The predicted octanol–water partition coefficient (Wildman–Crippen LogP) is 2.85. The summed E-state index contributed by atoms with van der Waals surface area (Å²) in [6, 6.07) is 3.50. The zero-order valence-corrected chi connectivity index (χ0v) is 15.1. The van der Waals surface area contributed by atoms with Crippen molar-refractivity contribution < 1.29 is 23.9 Å². The molecule has 1 aromatic rings. The molecule has 0 saturated carbocycles. The molecule has 0 aliphatic carbocycles. The molecule has 0 spiro atoms. The number of halogens is 2. The molecule has 24 heavy (non-hydrogen) atoms. The number of esters is 2. The number of ether oxygens (including phenoxy) is 2. The van der Waals surface area contributed by atoms with Gasteiger partial charge in [-0.05, 0) is 30.5 Å². The maximum Gasteiger partial charge on any atom is 0.340 e. The molecule has 8 heteroatoms. The maximum atomic E-state index is 11.9. The summed E-state index contributed by atoms with van der Waals surface area (Å²) < 4.78 is 9.54. The second kappa shape index (κ2) is 9.49. The van der Waals surface area contributed by atoms with Crippen molar-refractivity contribution >= 4 is 41.0 Å². The van der Waals surface area contributed by atoms with Crippen LogP contribution in [0.1, 0.15) is 30.6 Å². The van der Waals surface area contributed by atoms with E-state index in [0.717, 1.165) is 0 Å². The van der Waals surface area contributed by atoms with Gasteiger partial charge in [0.2, 0.25) is 0 Å². The van der Waals surface area contributed by atoms with Gasteiger partial charge in [0.1, 0.15) is 6.04 Å². The van der Waals surface area contributed by atoms with E-state index in [0.29, 0.717) is 11.4 Å². The third kappa shape index (κ3) is 6.37. The van der Waals surface area contributed by atoms with Gasteiger partial charge >= 0.3 is 11.9 Å². The van der Waals surface area contributed by atoms with Crippen LogP contribution in [0.4, 0.5) is 0 Å². The molecule has 0 saturated heterocycles. The molecule has 0 fully saturated rings. The van der Waals surface area contributed by atoms with Crippen LogP contribution >= 0.6 is 23.2 Å². The Hall–Kier alpha value is -1.79. The van der Waals surface area contributed by atoms with Crippen LogP contribution in [0.15, 0.2) is 18.2 Å². The second-order valence-corrected chi connectivity index (χ2v) is 6.32. The Morgan fingerprint density at radius 3 is 2.42 bits per heavy atom. The Balaban J connectivity index is 2.60. The van der Waals surface area contributed by atoms with Crippen LogP contribution < -0.4 is 5.32 Å². The van der Waals surface area contributed by atoms with Gasteiger partial charge in [0.05, 0.1) is 17.7 Å². The SMILES string of the molecule is COC(=O)[C@H](CC(C)C)NC(=O)COC(=O)c1ccc(Cl)cc1Cl. The fourth-order valence-electron chi connectivity index (χ4n) is 1.93. The third-order valence-electron chi connectivity index (χ3n) is 3.01. The summed E-state index contributed by atoms with van der Waals surface area (Å²) in [5.74, 6) is -1.75. The zero-order valence-electron chi connectivity index (χ0n) is 13.6. The Morgan fingerprint density at radius 2 is 1.88 bits per heavy atom. The Labute approximate surface area is 150 Å². The molecule has 1 rings (SSSR count). The number of carbonyl (C=O) groups excluding carboxylic acids is 3. The van der Waals surface area contributed by atoms with Crippen molar-refractivity contribution in [1.29, 1.82) is 0 Å². The zero-order chi connectivity index (χ0) is 18.3. The van der Waals surface area contributed by atoms with Crippen LogP contribution in [-0.4, -0.2) is 37.6 Å². The number of carbonyl (C=O) groups is 3. The van der Waals surface area contributed by atoms with Crippen LogP contribution in [-0.2, 0) is 19.1 Å². The highest BCUT2D eigenvalue weighted by molar-refractivity contribution is 6.36. The van der Waals surface area contributed by atoms with E-state index in [4.69, 9.17) is 27.9 Å². The average molecular weight is 376 g/mol. The molecule has 0 heterocycles. The highest BCUT2D eigenvalue weighted by Gasteiger charge is 2.23. The molecule has 1 aromatic carbocycles. The summed E-state index contributed by atoms with van der Waals surface area (Å²) in [7, 11) is 1.24. The summed E-state index contributed by atoms with van der Waals surface area (Å²) in [5, 5.41) is 2.99. The number of amides is 1. The van der Waals surface area contributed by atoms with Crippen LogP contribution in [0, 0.1) is 5.92 Å². The van der Waals surface area contributed by atoms with E-state index >= 15 is 0 Å². The summed E-state index contributed by atoms with van der Waals surface area (Å²) in [5.41, 5.74) is 0.0977. The maximum absolute atomic E-state index is 11.9. The lowest BCUT2D eigenvalue weighted by molar-refractivity contribution is -0.145. The molecule has 0 radical (unpaired) electrons. The predicted molar refractivity (Wildman–Crippen MR) is 90.1 cm³/mol. The van der Waals surface area contributed by atoms with Crippen molar-refractivity contribution in [1.82, 2.24) is 5.32 Å². The number of hydrogen-bond donors (Lipinski definition) is 1. The van der Waals surface area contributed by atoms with Gasteiger partial charge in [-0.25, -0.2) is 9.59 Å². The van der Waals surface area contributed by atoms with Crippen molar-refractivity contribution in [2.45, 2.75) is 26.3 Å². The first-order valence-corrected chi connectivity index (χ1v) is 7.99. The second-order valence-electron chi connectivity index (χ2n) is 5.47. The number of methoxy groups -OCH3 is 1. The van der Waals surface area contributed by atoms with E-state index < -0.39 is 30.5 Å². The minimum atomic E-state index is -0.791. The molecule has 0 aromatic heterocycles. The van der Waals surface area contributed by atoms with Crippen LogP contribution in [0.5, 0.6) is 0 Å². The number of hydrogen-bond acceptors (Lipinski definition) is 5. The van der Waals surface area contributed by atoms with Gasteiger partial charge in [0, 0.05) is 5.02 Å². The quantitative estimate of drug-likeness (QED) is 0.740.